The molecule has 18 heavy (non-hydrogen) atoms. The van der Waals surface area contributed by atoms with Crippen molar-refractivity contribution in [2.24, 2.45) is 5.41 Å². The molecule has 1 atom stereocenters. The van der Waals surface area contributed by atoms with Gasteiger partial charge in [-0.1, -0.05) is 0 Å². The van der Waals surface area contributed by atoms with Crippen molar-refractivity contribution < 1.29 is 24.5 Å². The van der Waals surface area contributed by atoms with Crippen LogP contribution in [0.25, 0.3) is 0 Å². The molecule has 6 nitrogen and oxygen atoms in total. The molecule has 2 N–H and O–H groups in total. The van der Waals surface area contributed by atoms with Crippen molar-refractivity contribution in [3.63, 3.8) is 0 Å². The third kappa shape index (κ3) is 3.35. The average Bonchev–Trinajstić information content (AvgIpc) is 2.26. The number of carbonyl (C=O) groups is 2. The number of hydrogen-bond acceptors (Lipinski definition) is 4. The largest absolute Gasteiger partial charge is 0.481 e. The second-order valence-corrected chi connectivity index (χ2v) is 5.75. The summed E-state index contributed by atoms with van der Waals surface area (Å²) in [6, 6.07) is 0. The van der Waals surface area contributed by atoms with E-state index in [1.807, 2.05) is 0 Å². The van der Waals surface area contributed by atoms with Gasteiger partial charge in [0.2, 0.25) is 0 Å². The third-order valence-electron chi connectivity index (χ3n) is 2.98. The lowest BCUT2D eigenvalue weighted by Gasteiger charge is -2.39. The molecule has 0 aliphatic carbocycles. The summed E-state index contributed by atoms with van der Waals surface area (Å²) < 4.78 is 5.21. The molecule has 1 aliphatic rings. The summed E-state index contributed by atoms with van der Waals surface area (Å²) in [7, 11) is 0. The van der Waals surface area contributed by atoms with Crippen LogP contribution in [0.1, 0.15) is 33.6 Å². The fourth-order valence-electron chi connectivity index (χ4n) is 1.99. The number of hydrogen-bond donors (Lipinski definition) is 2. The van der Waals surface area contributed by atoms with Crippen molar-refractivity contribution >= 4 is 12.1 Å². The van der Waals surface area contributed by atoms with Gasteiger partial charge in [-0.25, -0.2) is 4.79 Å². The Hall–Kier alpha value is -1.30. The quantitative estimate of drug-likeness (QED) is 0.775. The number of aliphatic hydroxyl groups is 1. The Labute approximate surface area is 107 Å². The maximum absolute atomic E-state index is 11.9. The number of carbonyl (C=O) groups excluding carboxylic acids is 1. The van der Waals surface area contributed by atoms with Crippen LogP contribution in [0.5, 0.6) is 0 Å². The van der Waals surface area contributed by atoms with Crippen LogP contribution in [0.15, 0.2) is 0 Å². The number of rotatable bonds is 2. The first-order valence-corrected chi connectivity index (χ1v) is 6.02. The predicted molar refractivity (Wildman–Crippen MR) is 64.2 cm³/mol. The van der Waals surface area contributed by atoms with E-state index in [9.17, 15) is 19.8 Å². The van der Waals surface area contributed by atoms with Gasteiger partial charge >= 0.3 is 12.1 Å². The van der Waals surface area contributed by atoms with E-state index in [4.69, 9.17) is 4.74 Å². The number of ether oxygens (including phenoxy) is 1. The lowest BCUT2D eigenvalue weighted by atomic mass is 9.81. The first-order valence-electron chi connectivity index (χ1n) is 6.02. The highest BCUT2D eigenvalue weighted by molar-refractivity contribution is 5.77. The second kappa shape index (κ2) is 5.14. The maximum atomic E-state index is 11.9. The van der Waals surface area contributed by atoms with Crippen molar-refractivity contribution in [3.05, 3.63) is 0 Å². The first kappa shape index (κ1) is 14.8. The average molecular weight is 259 g/mol. The number of amides is 1. The van der Waals surface area contributed by atoms with Crippen molar-refractivity contribution in [1.29, 1.82) is 0 Å². The van der Waals surface area contributed by atoms with Gasteiger partial charge < -0.3 is 19.8 Å². The Balaban J connectivity index is 2.75. The van der Waals surface area contributed by atoms with Crippen LogP contribution in [0.3, 0.4) is 0 Å². The van der Waals surface area contributed by atoms with Gasteiger partial charge in [-0.05, 0) is 33.6 Å². The van der Waals surface area contributed by atoms with Crippen molar-refractivity contribution in [3.8, 4) is 0 Å². The fraction of sp³-hybridized carbons (Fsp3) is 0.833. The normalized spacial score (nSPS) is 24.8. The first-order chi connectivity index (χ1) is 8.20. The van der Waals surface area contributed by atoms with E-state index in [2.05, 4.69) is 0 Å². The van der Waals surface area contributed by atoms with Gasteiger partial charge in [0, 0.05) is 13.1 Å². The zero-order chi connectivity index (χ0) is 14.0. The molecule has 0 spiro atoms. The number of carboxylic acid groups (broad SMARTS) is 1. The summed E-state index contributed by atoms with van der Waals surface area (Å²) in [5.41, 5.74) is -1.87. The van der Waals surface area contributed by atoms with Gasteiger partial charge in [0.25, 0.3) is 0 Å². The molecule has 1 amide bonds. The molecule has 1 heterocycles. The molecule has 1 saturated heterocycles. The number of likely N-dealkylation sites (tertiary alicyclic amines) is 1. The Morgan fingerprint density at radius 2 is 2.00 bits per heavy atom. The predicted octanol–water partition coefficient (Wildman–Crippen LogP) is 1.08. The summed E-state index contributed by atoms with van der Waals surface area (Å²) in [4.78, 5) is 24.5. The Kier molecular flexibility index (Phi) is 4.21. The lowest BCUT2D eigenvalue weighted by Crippen LogP contribution is -2.52. The van der Waals surface area contributed by atoms with Crippen LogP contribution in [0.4, 0.5) is 4.79 Å². The molecule has 6 heteroatoms. The molecule has 104 valence electrons. The molecule has 1 rings (SSSR count). The number of nitrogens with zero attached hydrogens (tertiary/aromatic N) is 1. The van der Waals surface area contributed by atoms with E-state index >= 15 is 0 Å². The van der Waals surface area contributed by atoms with Crippen molar-refractivity contribution in [1.82, 2.24) is 4.90 Å². The monoisotopic (exact) mass is 259 g/mol. The zero-order valence-corrected chi connectivity index (χ0v) is 11.1. The minimum Gasteiger partial charge on any atom is -0.481 e. The number of carboxylic acids is 1. The lowest BCUT2D eigenvalue weighted by molar-refractivity contribution is -0.155. The molecule has 0 aromatic rings. The van der Waals surface area contributed by atoms with Crippen LogP contribution >= 0.6 is 0 Å². The van der Waals surface area contributed by atoms with Crippen LogP contribution in [0.2, 0.25) is 0 Å². The molecular weight excluding hydrogens is 238 g/mol. The van der Waals surface area contributed by atoms with Gasteiger partial charge in [0.1, 0.15) is 11.0 Å². The summed E-state index contributed by atoms with van der Waals surface area (Å²) in [5, 5.41) is 18.5. The van der Waals surface area contributed by atoms with Crippen LogP contribution in [-0.2, 0) is 9.53 Å². The highest BCUT2D eigenvalue weighted by Crippen LogP contribution is 2.30. The molecule has 0 saturated carbocycles. The maximum Gasteiger partial charge on any atom is 0.410 e. The SMILES string of the molecule is CC(C)(C)OC(=O)N1CCCC(CO)(C(=O)O)C1. The molecule has 0 bridgehead atoms. The molecular formula is C12H21NO5. The summed E-state index contributed by atoms with van der Waals surface area (Å²) in [6.45, 7) is 5.25. The number of piperidine rings is 1. The van der Waals surface area contributed by atoms with Crippen LogP contribution in [0, 0.1) is 5.41 Å². The Morgan fingerprint density at radius 1 is 1.39 bits per heavy atom. The minimum atomic E-state index is -1.25. The van der Waals surface area contributed by atoms with Crippen molar-refractivity contribution in [2.45, 2.75) is 39.2 Å². The van der Waals surface area contributed by atoms with Gasteiger partial charge in [0.05, 0.1) is 6.61 Å². The molecule has 1 unspecified atom stereocenters. The smallest absolute Gasteiger partial charge is 0.410 e. The standard InChI is InChI=1S/C12H21NO5/c1-11(2,3)18-10(17)13-6-4-5-12(7-13,8-14)9(15)16/h14H,4-8H2,1-3H3,(H,15,16). The Bertz CT molecular complexity index is 336. The van der Waals surface area contributed by atoms with E-state index in [1.54, 1.807) is 20.8 Å². The Morgan fingerprint density at radius 3 is 2.44 bits per heavy atom. The molecule has 1 aliphatic heterocycles. The van der Waals surface area contributed by atoms with E-state index in [-0.39, 0.29) is 6.54 Å². The molecule has 0 aromatic carbocycles. The van der Waals surface area contributed by atoms with E-state index in [0.717, 1.165) is 0 Å². The van der Waals surface area contributed by atoms with Crippen LogP contribution < -0.4 is 0 Å². The molecule has 0 radical (unpaired) electrons. The highest BCUT2D eigenvalue weighted by Gasteiger charge is 2.44. The van der Waals surface area contributed by atoms with E-state index < -0.39 is 29.7 Å². The number of aliphatic carboxylic acids is 1. The zero-order valence-electron chi connectivity index (χ0n) is 11.1. The third-order valence-corrected chi connectivity index (χ3v) is 2.98. The van der Waals surface area contributed by atoms with E-state index in [1.165, 1.54) is 4.90 Å². The van der Waals surface area contributed by atoms with Gasteiger partial charge in [-0.3, -0.25) is 4.79 Å². The molecule has 1 fully saturated rings. The van der Waals surface area contributed by atoms with Gasteiger partial charge in [-0.15, -0.1) is 0 Å². The van der Waals surface area contributed by atoms with Crippen molar-refractivity contribution in [2.75, 3.05) is 19.7 Å². The second-order valence-electron chi connectivity index (χ2n) is 5.75. The minimum absolute atomic E-state index is 0.00620. The van der Waals surface area contributed by atoms with Gasteiger partial charge in [-0.2, -0.15) is 0 Å². The molecule has 0 aromatic heterocycles. The summed E-state index contributed by atoms with van der Waals surface area (Å²) in [5.74, 6) is -1.07. The topological polar surface area (TPSA) is 87.1 Å². The fourth-order valence-corrected chi connectivity index (χ4v) is 1.99. The number of aliphatic hydroxyl groups excluding tert-OH is 1. The highest BCUT2D eigenvalue weighted by atomic mass is 16.6. The summed E-state index contributed by atoms with van der Waals surface area (Å²) in [6.07, 6.45) is 0.394. The van der Waals surface area contributed by atoms with Crippen LogP contribution in [-0.4, -0.2) is 52.5 Å². The summed E-state index contributed by atoms with van der Waals surface area (Å²) >= 11 is 0. The van der Waals surface area contributed by atoms with E-state index in [0.29, 0.717) is 19.4 Å². The van der Waals surface area contributed by atoms with Gasteiger partial charge in [0.15, 0.2) is 0 Å².